The summed E-state index contributed by atoms with van der Waals surface area (Å²) < 4.78 is 5.68. The van der Waals surface area contributed by atoms with Crippen LogP contribution in [0.1, 0.15) is 13.3 Å². The Morgan fingerprint density at radius 3 is 3.00 bits per heavy atom. The van der Waals surface area contributed by atoms with Gasteiger partial charge in [-0.2, -0.15) is 5.26 Å². The predicted molar refractivity (Wildman–Crippen MR) is 74.9 cm³/mol. The van der Waals surface area contributed by atoms with Gasteiger partial charge >= 0.3 is 0 Å². The lowest BCUT2D eigenvalue weighted by Crippen LogP contribution is -2.39. The molecule has 1 atom stereocenters. The third-order valence-corrected chi connectivity index (χ3v) is 3.25. The van der Waals surface area contributed by atoms with Crippen LogP contribution in [-0.4, -0.2) is 24.2 Å². The number of pyridine rings is 1. The number of hydrogen-bond donors (Lipinski definition) is 1. The minimum atomic E-state index is -0.547. The molecule has 0 saturated heterocycles. The van der Waals surface area contributed by atoms with Gasteiger partial charge in [-0.25, -0.2) is 0 Å². The van der Waals surface area contributed by atoms with Gasteiger partial charge in [-0.15, -0.1) is 0 Å². The zero-order valence-corrected chi connectivity index (χ0v) is 11.2. The molecule has 0 aliphatic heterocycles. The Balaban J connectivity index is 2.01. The first-order valence-corrected chi connectivity index (χ1v) is 6.25. The maximum Gasteiger partial charge on any atom is 0.121 e. The molecule has 0 aliphatic carbocycles. The van der Waals surface area contributed by atoms with E-state index in [-0.39, 0.29) is 0 Å². The summed E-state index contributed by atoms with van der Waals surface area (Å²) in [4.78, 5) is 4.29. The highest BCUT2D eigenvalue weighted by Crippen LogP contribution is 2.19. The van der Waals surface area contributed by atoms with Crippen LogP contribution >= 0.6 is 0 Å². The van der Waals surface area contributed by atoms with E-state index < -0.39 is 5.54 Å². The van der Waals surface area contributed by atoms with Crippen molar-refractivity contribution in [1.82, 2.24) is 10.3 Å². The molecule has 0 spiro atoms. The van der Waals surface area contributed by atoms with Gasteiger partial charge in [0.2, 0.25) is 0 Å². The van der Waals surface area contributed by atoms with Crippen LogP contribution in [0.15, 0.2) is 36.5 Å². The first-order valence-electron chi connectivity index (χ1n) is 6.25. The lowest BCUT2D eigenvalue weighted by Gasteiger charge is -2.20. The number of nitriles is 1. The van der Waals surface area contributed by atoms with E-state index in [0.29, 0.717) is 13.0 Å². The highest BCUT2D eigenvalue weighted by Gasteiger charge is 2.20. The number of nitrogens with one attached hydrogen (secondary N) is 1. The Morgan fingerprint density at radius 1 is 1.42 bits per heavy atom. The second-order valence-corrected chi connectivity index (χ2v) is 4.65. The summed E-state index contributed by atoms with van der Waals surface area (Å²) in [5.41, 5.74) is 0.367. The van der Waals surface area contributed by atoms with Crippen LogP contribution in [0.2, 0.25) is 0 Å². The van der Waals surface area contributed by atoms with Crippen LogP contribution in [0, 0.1) is 11.3 Å². The summed E-state index contributed by atoms with van der Waals surface area (Å²) in [6.07, 6.45) is 2.39. The minimum absolute atomic E-state index is 0.489. The zero-order valence-electron chi connectivity index (χ0n) is 11.2. The minimum Gasteiger partial charge on any atom is -0.493 e. The van der Waals surface area contributed by atoms with Crippen molar-refractivity contribution >= 4 is 10.9 Å². The number of nitrogens with zero attached hydrogens (tertiary/aromatic N) is 2. The molecule has 19 heavy (non-hydrogen) atoms. The van der Waals surface area contributed by atoms with Crippen LogP contribution in [0.25, 0.3) is 10.9 Å². The van der Waals surface area contributed by atoms with E-state index >= 15 is 0 Å². The number of ether oxygens (including phenoxy) is 1. The largest absolute Gasteiger partial charge is 0.493 e. The van der Waals surface area contributed by atoms with Crippen molar-refractivity contribution in [1.29, 1.82) is 5.26 Å². The fourth-order valence-corrected chi connectivity index (χ4v) is 1.75. The lowest BCUT2D eigenvalue weighted by molar-refractivity contribution is 0.273. The number of hydrogen-bond acceptors (Lipinski definition) is 4. The summed E-state index contributed by atoms with van der Waals surface area (Å²) in [6.45, 7) is 2.35. The van der Waals surface area contributed by atoms with Gasteiger partial charge in [0.1, 0.15) is 11.3 Å². The Bertz CT molecular complexity index is 606. The molecule has 1 aromatic carbocycles. The van der Waals surface area contributed by atoms with Gasteiger partial charge < -0.3 is 10.1 Å². The maximum atomic E-state index is 9.05. The Kier molecular flexibility index (Phi) is 3.98. The lowest BCUT2D eigenvalue weighted by atomic mass is 10.0. The molecule has 0 amide bonds. The van der Waals surface area contributed by atoms with Gasteiger partial charge in [-0.3, -0.25) is 4.98 Å². The quantitative estimate of drug-likeness (QED) is 0.891. The smallest absolute Gasteiger partial charge is 0.121 e. The average Bonchev–Trinajstić information content (AvgIpc) is 2.47. The molecule has 2 rings (SSSR count). The van der Waals surface area contributed by atoms with Crippen LogP contribution < -0.4 is 10.1 Å². The third-order valence-electron chi connectivity index (χ3n) is 3.25. The number of aromatic nitrogens is 1. The monoisotopic (exact) mass is 255 g/mol. The maximum absolute atomic E-state index is 9.05. The van der Waals surface area contributed by atoms with Crippen molar-refractivity contribution in [2.24, 2.45) is 0 Å². The molecule has 1 aromatic heterocycles. The van der Waals surface area contributed by atoms with Crippen molar-refractivity contribution in [2.45, 2.75) is 18.9 Å². The zero-order chi connectivity index (χ0) is 13.7. The molecule has 2 aromatic rings. The van der Waals surface area contributed by atoms with Crippen LogP contribution in [0.3, 0.4) is 0 Å². The standard InChI is InChI=1S/C15H17N3O/c1-15(11-16,17-2)7-9-19-13-6-5-12-4-3-8-18-14(12)10-13/h3-6,8,10,17H,7,9H2,1-2H3. The normalized spacial score (nSPS) is 13.7. The topological polar surface area (TPSA) is 57.9 Å². The molecule has 0 radical (unpaired) electrons. The molecule has 0 aliphatic rings. The molecular weight excluding hydrogens is 238 g/mol. The molecule has 0 fully saturated rings. The molecule has 0 bridgehead atoms. The molecule has 4 heteroatoms. The summed E-state index contributed by atoms with van der Waals surface area (Å²) in [5, 5.41) is 13.1. The molecule has 1 N–H and O–H groups in total. The number of fused-ring (bicyclic) bond motifs is 1. The van der Waals surface area contributed by atoms with Crippen molar-refractivity contribution in [2.75, 3.05) is 13.7 Å². The van der Waals surface area contributed by atoms with Crippen molar-refractivity contribution in [3.05, 3.63) is 36.5 Å². The van der Waals surface area contributed by atoms with Gasteiger partial charge in [-0.05, 0) is 32.2 Å². The Labute approximate surface area is 113 Å². The summed E-state index contributed by atoms with van der Waals surface area (Å²) in [7, 11) is 1.78. The molecule has 98 valence electrons. The van der Waals surface area contributed by atoms with Gasteiger partial charge in [0, 0.05) is 24.1 Å². The first kappa shape index (κ1) is 13.3. The second-order valence-electron chi connectivity index (χ2n) is 4.65. The highest BCUT2D eigenvalue weighted by molar-refractivity contribution is 5.79. The SMILES string of the molecule is CNC(C)(C#N)CCOc1ccc2cccnc2c1. The van der Waals surface area contributed by atoms with Crippen molar-refractivity contribution in [3.8, 4) is 11.8 Å². The van der Waals surface area contributed by atoms with Crippen molar-refractivity contribution < 1.29 is 4.74 Å². The summed E-state index contributed by atoms with van der Waals surface area (Å²) in [6, 6.07) is 12.0. The van der Waals surface area contributed by atoms with Crippen LogP contribution in [0.5, 0.6) is 5.75 Å². The van der Waals surface area contributed by atoms with E-state index in [2.05, 4.69) is 16.4 Å². The molecule has 0 saturated carbocycles. The first-order chi connectivity index (χ1) is 9.17. The molecule has 4 nitrogen and oxygen atoms in total. The van der Waals surface area contributed by atoms with Crippen LogP contribution in [0.4, 0.5) is 0 Å². The van der Waals surface area contributed by atoms with E-state index in [4.69, 9.17) is 10.00 Å². The number of rotatable bonds is 5. The van der Waals surface area contributed by atoms with Gasteiger partial charge in [0.15, 0.2) is 0 Å². The fraction of sp³-hybridized carbons (Fsp3) is 0.333. The van der Waals surface area contributed by atoms with Gasteiger partial charge in [-0.1, -0.05) is 6.07 Å². The fourth-order valence-electron chi connectivity index (χ4n) is 1.75. The van der Waals surface area contributed by atoms with E-state index in [1.54, 1.807) is 13.2 Å². The third kappa shape index (κ3) is 3.21. The second kappa shape index (κ2) is 5.68. The van der Waals surface area contributed by atoms with Gasteiger partial charge in [0.25, 0.3) is 0 Å². The van der Waals surface area contributed by atoms with E-state index in [1.165, 1.54) is 0 Å². The van der Waals surface area contributed by atoms with E-state index in [0.717, 1.165) is 16.7 Å². The van der Waals surface area contributed by atoms with Crippen LogP contribution in [-0.2, 0) is 0 Å². The summed E-state index contributed by atoms with van der Waals surface area (Å²) >= 11 is 0. The van der Waals surface area contributed by atoms with Crippen molar-refractivity contribution in [3.63, 3.8) is 0 Å². The average molecular weight is 255 g/mol. The van der Waals surface area contributed by atoms with Gasteiger partial charge in [0.05, 0.1) is 18.2 Å². The molecule has 1 heterocycles. The Morgan fingerprint density at radius 2 is 2.26 bits per heavy atom. The number of benzene rings is 1. The predicted octanol–water partition coefficient (Wildman–Crippen LogP) is 2.51. The Hall–Kier alpha value is -2.12. The van der Waals surface area contributed by atoms with E-state index in [1.807, 2.05) is 37.3 Å². The highest BCUT2D eigenvalue weighted by atomic mass is 16.5. The summed E-state index contributed by atoms with van der Waals surface area (Å²) in [5.74, 6) is 0.780. The van der Waals surface area contributed by atoms with E-state index in [9.17, 15) is 0 Å². The molecule has 1 unspecified atom stereocenters. The molecular formula is C15H17N3O.